The lowest BCUT2D eigenvalue weighted by atomic mass is 10.1. The molecule has 1 aliphatic carbocycles. The average Bonchev–Trinajstić information content (AvgIpc) is 2.74. The van der Waals surface area contributed by atoms with E-state index in [1.165, 1.54) is 18.2 Å². The van der Waals surface area contributed by atoms with Crippen molar-refractivity contribution < 1.29 is 14.3 Å². The van der Waals surface area contributed by atoms with Crippen molar-refractivity contribution in [2.24, 2.45) is 5.92 Å². The summed E-state index contributed by atoms with van der Waals surface area (Å²) in [6, 6.07) is 3.96. The second-order valence-electron chi connectivity index (χ2n) is 3.64. The van der Waals surface area contributed by atoms with Gasteiger partial charge in [-0.05, 0) is 17.7 Å². The van der Waals surface area contributed by atoms with Gasteiger partial charge in [0, 0.05) is 5.92 Å². The highest BCUT2D eigenvalue weighted by molar-refractivity contribution is 6.53. The first-order valence-corrected chi connectivity index (χ1v) is 5.54. The zero-order valence-electron chi connectivity index (χ0n) is 7.75. The van der Waals surface area contributed by atoms with Gasteiger partial charge in [0.05, 0.1) is 10.9 Å². The summed E-state index contributed by atoms with van der Waals surface area (Å²) in [6.45, 7) is 0. The van der Waals surface area contributed by atoms with E-state index in [2.05, 4.69) is 0 Å². The summed E-state index contributed by atoms with van der Waals surface area (Å²) >= 11 is 17.3. The Kier molecular flexibility index (Phi) is 2.81. The number of benzene rings is 1. The Labute approximate surface area is 106 Å². The molecule has 2 atom stereocenters. The van der Waals surface area contributed by atoms with E-state index in [0.717, 1.165) is 0 Å². The average molecular weight is 284 g/mol. The maximum atomic E-state index is 12.9. The molecule has 1 N–H and O–H groups in total. The van der Waals surface area contributed by atoms with Gasteiger partial charge < -0.3 is 5.11 Å². The molecule has 16 heavy (non-hydrogen) atoms. The van der Waals surface area contributed by atoms with E-state index in [0.29, 0.717) is 5.56 Å². The van der Waals surface area contributed by atoms with Crippen molar-refractivity contribution in [3.63, 3.8) is 0 Å². The Morgan fingerprint density at radius 2 is 2.06 bits per heavy atom. The predicted octanol–water partition coefficient (Wildman–Crippen LogP) is 3.45. The summed E-state index contributed by atoms with van der Waals surface area (Å²) in [6.07, 6.45) is 0. The van der Waals surface area contributed by atoms with Gasteiger partial charge in [0.2, 0.25) is 0 Å². The number of carboxylic acids is 1. The van der Waals surface area contributed by atoms with E-state index in [1.807, 2.05) is 0 Å². The Balaban J connectivity index is 2.33. The van der Waals surface area contributed by atoms with Crippen molar-refractivity contribution in [1.82, 2.24) is 0 Å². The summed E-state index contributed by atoms with van der Waals surface area (Å²) < 4.78 is 11.6. The molecule has 0 unspecified atom stereocenters. The van der Waals surface area contributed by atoms with Gasteiger partial charge >= 0.3 is 5.97 Å². The molecule has 6 heteroatoms. The minimum absolute atomic E-state index is 0.0716. The number of aliphatic carboxylic acids is 1. The molecule has 1 saturated carbocycles. The van der Waals surface area contributed by atoms with Crippen molar-refractivity contribution in [2.45, 2.75) is 10.3 Å². The normalized spacial score (nSPS) is 26.5. The van der Waals surface area contributed by atoms with Crippen LogP contribution in [0.25, 0.3) is 0 Å². The lowest BCUT2D eigenvalue weighted by molar-refractivity contribution is -0.138. The molecule has 1 aromatic rings. The zero-order chi connectivity index (χ0) is 12.1. The van der Waals surface area contributed by atoms with Gasteiger partial charge in [-0.25, -0.2) is 4.39 Å². The fourth-order valence-corrected chi connectivity index (χ4v) is 2.76. The van der Waals surface area contributed by atoms with Gasteiger partial charge in [-0.1, -0.05) is 40.9 Å². The number of rotatable bonds is 2. The number of hydrogen-bond acceptors (Lipinski definition) is 1. The SMILES string of the molecule is O=C(O)[C@H]1[C@H](c2ccc(F)c(Cl)c2)C1(Cl)Cl. The van der Waals surface area contributed by atoms with Gasteiger partial charge in [0.1, 0.15) is 10.2 Å². The van der Waals surface area contributed by atoms with Crippen LogP contribution >= 0.6 is 34.8 Å². The predicted molar refractivity (Wildman–Crippen MR) is 59.7 cm³/mol. The first-order chi connectivity index (χ1) is 7.35. The van der Waals surface area contributed by atoms with E-state index in [4.69, 9.17) is 39.9 Å². The summed E-state index contributed by atoms with van der Waals surface area (Å²) in [5, 5.41) is 8.80. The van der Waals surface area contributed by atoms with Gasteiger partial charge in [-0.3, -0.25) is 4.79 Å². The Morgan fingerprint density at radius 1 is 1.44 bits per heavy atom. The summed E-state index contributed by atoms with van der Waals surface area (Å²) in [5.74, 6) is -3.06. The molecular formula is C10H6Cl3FO2. The second-order valence-corrected chi connectivity index (χ2v) is 5.49. The number of halogens is 4. The largest absolute Gasteiger partial charge is 0.481 e. The van der Waals surface area contributed by atoms with Crippen LogP contribution in [0.3, 0.4) is 0 Å². The van der Waals surface area contributed by atoms with Crippen LogP contribution in [0.15, 0.2) is 18.2 Å². The molecule has 0 heterocycles. The summed E-state index contributed by atoms with van der Waals surface area (Å²) in [5.41, 5.74) is 0.531. The monoisotopic (exact) mass is 282 g/mol. The van der Waals surface area contributed by atoms with Crippen LogP contribution in [0.4, 0.5) is 4.39 Å². The molecule has 0 bridgehead atoms. The van der Waals surface area contributed by atoms with Gasteiger partial charge in [-0.15, -0.1) is 0 Å². The maximum absolute atomic E-state index is 12.9. The molecule has 86 valence electrons. The minimum atomic E-state index is -1.34. The van der Waals surface area contributed by atoms with Crippen molar-refractivity contribution in [3.05, 3.63) is 34.6 Å². The van der Waals surface area contributed by atoms with Crippen LogP contribution < -0.4 is 0 Å². The molecule has 0 saturated heterocycles. The van der Waals surface area contributed by atoms with E-state index in [1.54, 1.807) is 0 Å². The third-order valence-corrected chi connectivity index (χ3v) is 3.85. The van der Waals surface area contributed by atoms with Crippen molar-refractivity contribution in [1.29, 1.82) is 0 Å². The quantitative estimate of drug-likeness (QED) is 0.844. The first kappa shape index (κ1) is 12.0. The van der Waals surface area contributed by atoms with Crippen molar-refractivity contribution in [2.75, 3.05) is 0 Å². The van der Waals surface area contributed by atoms with Crippen LogP contribution in [-0.2, 0) is 4.79 Å². The fourth-order valence-electron chi connectivity index (χ4n) is 1.75. The minimum Gasteiger partial charge on any atom is -0.481 e. The van der Waals surface area contributed by atoms with Gasteiger partial charge in [0.25, 0.3) is 0 Å². The third-order valence-electron chi connectivity index (χ3n) is 2.62. The number of carbonyl (C=O) groups is 1. The smallest absolute Gasteiger partial charge is 0.310 e. The molecule has 2 rings (SSSR count). The fraction of sp³-hybridized carbons (Fsp3) is 0.300. The second kappa shape index (κ2) is 3.76. The lowest BCUT2D eigenvalue weighted by Gasteiger charge is -2.01. The Morgan fingerprint density at radius 3 is 2.50 bits per heavy atom. The Bertz CT molecular complexity index is 461. The van der Waals surface area contributed by atoms with Crippen LogP contribution in [0.2, 0.25) is 5.02 Å². The Hall–Kier alpha value is -0.510. The number of hydrogen-bond donors (Lipinski definition) is 1. The van der Waals surface area contributed by atoms with Gasteiger partial charge in [-0.2, -0.15) is 0 Å². The van der Waals surface area contributed by atoms with E-state index in [9.17, 15) is 9.18 Å². The number of alkyl halides is 2. The number of carboxylic acid groups (broad SMARTS) is 1. The van der Waals surface area contributed by atoms with Crippen molar-refractivity contribution >= 4 is 40.8 Å². The molecule has 0 amide bonds. The maximum Gasteiger partial charge on any atom is 0.310 e. The zero-order valence-corrected chi connectivity index (χ0v) is 10.0. The van der Waals surface area contributed by atoms with Crippen LogP contribution in [0.1, 0.15) is 11.5 Å². The topological polar surface area (TPSA) is 37.3 Å². The molecule has 0 spiro atoms. The van der Waals surface area contributed by atoms with E-state index >= 15 is 0 Å². The third kappa shape index (κ3) is 1.77. The molecule has 1 aliphatic rings. The summed E-state index contributed by atoms with van der Waals surface area (Å²) in [7, 11) is 0. The highest BCUT2D eigenvalue weighted by Gasteiger charge is 2.68. The first-order valence-electron chi connectivity index (χ1n) is 4.41. The highest BCUT2D eigenvalue weighted by Crippen LogP contribution is 2.65. The molecule has 1 fully saturated rings. The van der Waals surface area contributed by atoms with E-state index < -0.39 is 28.0 Å². The van der Waals surface area contributed by atoms with Crippen molar-refractivity contribution in [3.8, 4) is 0 Å². The molecule has 0 aromatic heterocycles. The molecule has 0 radical (unpaired) electrons. The summed E-state index contributed by atoms with van der Waals surface area (Å²) in [4.78, 5) is 10.8. The van der Waals surface area contributed by atoms with Crippen LogP contribution in [-0.4, -0.2) is 15.4 Å². The molecule has 2 nitrogen and oxygen atoms in total. The molecule has 0 aliphatic heterocycles. The molecular weight excluding hydrogens is 277 g/mol. The van der Waals surface area contributed by atoms with Gasteiger partial charge in [0.15, 0.2) is 0 Å². The van der Waals surface area contributed by atoms with Crippen LogP contribution in [0.5, 0.6) is 0 Å². The van der Waals surface area contributed by atoms with Crippen LogP contribution in [0, 0.1) is 11.7 Å². The molecule has 1 aromatic carbocycles. The highest BCUT2D eigenvalue weighted by atomic mass is 35.5. The lowest BCUT2D eigenvalue weighted by Crippen LogP contribution is -2.03. The standard InChI is InChI=1S/C10H6Cl3FO2/c11-5-3-4(1-2-6(5)14)7-8(9(15)16)10(7,12)13/h1-3,7-8H,(H,15,16)/t7-,8+/m0/s1. The van der Waals surface area contributed by atoms with E-state index in [-0.39, 0.29) is 5.02 Å².